The zero-order valence-corrected chi connectivity index (χ0v) is 17.2. The summed E-state index contributed by atoms with van der Waals surface area (Å²) in [5.41, 5.74) is 0.924. The second-order valence-corrected chi connectivity index (χ2v) is 6.27. The fraction of sp³-hybridized carbons (Fsp3) is 0.261. The van der Waals surface area contributed by atoms with E-state index >= 15 is 0 Å². The van der Waals surface area contributed by atoms with Gasteiger partial charge in [0.2, 0.25) is 0 Å². The van der Waals surface area contributed by atoms with Gasteiger partial charge in [-0.15, -0.1) is 0 Å². The van der Waals surface area contributed by atoms with Crippen molar-refractivity contribution in [3.63, 3.8) is 0 Å². The summed E-state index contributed by atoms with van der Waals surface area (Å²) in [7, 11) is 2.78. The Labute approximate surface area is 175 Å². The maximum Gasteiger partial charge on any atom is 0.339 e. The first kappa shape index (κ1) is 22.5. The number of rotatable bonds is 9. The van der Waals surface area contributed by atoms with E-state index < -0.39 is 11.9 Å². The van der Waals surface area contributed by atoms with Crippen molar-refractivity contribution in [2.75, 3.05) is 26.1 Å². The number of para-hydroxylation sites is 1. The Hall–Kier alpha value is -3.79. The van der Waals surface area contributed by atoms with E-state index in [2.05, 4.69) is 12.2 Å². The van der Waals surface area contributed by atoms with Crippen molar-refractivity contribution >= 4 is 23.6 Å². The molecule has 0 aliphatic heterocycles. The van der Waals surface area contributed by atoms with Crippen molar-refractivity contribution in [3.05, 3.63) is 59.2 Å². The molecule has 0 aliphatic rings. The molecule has 0 bridgehead atoms. The molecule has 1 amide bonds. The predicted molar refractivity (Wildman–Crippen MR) is 113 cm³/mol. The van der Waals surface area contributed by atoms with E-state index in [9.17, 15) is 14.9 Å². The molecular formula is C23H24N2O5. The highest BCUT2D eigenvalue weighted by molar-refractivity contribution is 6.12. The van der Waals surface area contributed by atoms with E-state index in [-0.39, 0.29) is 16.8 Å². The Morgan fingerprint density at radius 2 is 1.90 bits per heavy atom. The van der Waals surface area contributed by atoms with Gasteiger partial charge < -0.3 is 19.5 Å². The van der Waals surface area contributed by atoms with E-state index in [4.69, 9.17) is 14.2 Å². The second-order valence-electron chi connectivity index (χ2n) is 6.27. The molecule has 156 valence electrons. The molecule has 7 heteroatoms. The fourth-order valence-electron chi connectivity index (χ4n) is 2.60. The number of nitrogens with zero attached hydrogens (tertiary/aromatic N) is 1. The number of nitrogens with one attached hydrogen (secondary N) is 1. The number of hydrogen-bond donors (Lipinski definition) is 1. The van der Waals surface area contributed by atoms with Crippen molar-refractivity contribution in [1.29, 1.82) is 5.26 Å². The van der Waals surface area contributed by atoms with Gasteiger partial charge in [-0.05, 0) is 42.3 Å². The van der Waals surface area contributed by atoms with Crippen LogP contribution in [0.4, 0.5) is 5.69 Å². The van der Waals surface area contributed by atoms with Crippen LogP contribution in [0, 0.1) is 11.3 Å². The lowest BCUT2D eigenvalue weighted by molar-refractivity contribution is -0.112. The van der Waals surface area contributed by atoms with Crippen LogP contribution in [0.3, 0.4) is 0 Å². The molecule has 0 heterocycles. The number of carbonyl (C=O) groups excluding carboxylic acids is 2. The molecule has 0 spiro atoms. The fourth-order valence-corrected chi connectivity index (χ4v) is 2.60. The Bertz CT molecular complexity index is 976. The molecular weight excluding hydrogens is 384 g/mol. The summed E-state index contributed by atoms with van der Waals surface area (Å²) < 4.78 is 15.8. The number of hydrogen-bond acceptors (Lipinski definition) is 6. The summed E-state index contributed by atoms with van der Waals surface area (Å²) in [5, 5.41) is 12.0. The van der Waals surface area contributed by atoms with Crippen LogP contribution in [-0.4, -0.2) is 32.7 Å². The Morgan fingerprint density at radius 1 is 1.13 bits per heavy atom. The van der Waals surface area contributed by atoms with Gasteiger partial charge in [0, 0.05) is 0 Å². The summed E-state index contributed by atoms with van der Waals surface area (Å²) in [4.78, 5) is 24.5. The van der Waals surface area contributed by atoms with E-state index in [0.717, 1.165) is 12.8 Å². The Kier molecular flexibility index (Phi) is 8.45. The number of carbonyl (C=O) groups is 2. The summed E-state index contributed by atoms with van der Waals surface area (Å²) in [6.07, 6.45) is 3.38. The largest absolute Gasteiger partial charge is 0.493 e. The second kappa shape index (κ2) is 11.3. The first-order valence-electron chi connectivity index (χ1n) is 9.45. The van der Waals surface area contributed by atoms with Gasteiger partial charge in [-0.25, -0.2) is 4.79 Å². The minimum Gasteiger partial charge on any atom is -0.493 e. The SMILES string of the molecule is CCCCOc1ccc(/C=C(/C#N)C(=O)Nc2ccccc2C(=O)OC)cc1OC. The minimum atomic E-state index is -0.643. The lowest BCUT2D eigenvalue weighted by atomic mass is 10.1. The number of amides is 1. The van der Waals surface area contributed by atoms with Crippen LogP contribution in [-0.2, 0) is 9.53 Å². The maximum absolute atomic E-state index is 12.6. The molecule has 0 unspecified atom stereocenters. The van der Waals surface area contributed by atoms with Gasteiger partial charge >= 0.3 is 5.97 Å². The standard InChI is InChI=1S/C23H24N2O5/c1-4-5-12-30-20-11-10-16(14-21(20)28-2)13-17(15-24)22(26)25-19-9-7-6-8-18(19)23(27)29-3/h6-11,13-14H,4-5,12H2,1-3H3,(H,25,26)/b17-13-. The van der Waals surface area contributed by atoms with E-state index in [1.165, 1.54) is 26.4 Å². The third kappa shape index (κ3) is 5.85. The maximum atomic E-state index is 12.6. The third-order valence-electron chi connectivity index (χ3n) is 4.20. The summed E-state index contributed by atoms with van der Waals surface area (Å²) in [5.74, 6) is -0.125. The summed E-state index contributed by atoms with van der Waals surface area (Å²) >= 11 is 0. The number of esters is 1. The van der Waals surface area contributed by atoms with Gasteiger partial charge in [0.15, 0.2) is 11.5 Å². The molecule has 0 saturated heterocycles. The first-order valence-corrected chi connectivity index (χ1v) is 9.45. The Morgan fingerprint density at radius 3 is 2.57 bits per heavy atom. The molecule has 2 aromatic carbocycles. The van der Waals surface area contributed by atoms with Gasteiger partial charge in [-0.2, -0.15) is 5.26 Å². The van der Waals surface area contributed by atoms with Crippen molar-refractivity contribution < 1.29 is 23.8 Å². The first-order chi connectivity index (χ1) is 14.5. The van der Waals surface area contributed by atoms with Crippen LogP contribution >= 0.6 is 0 Å². The highest BCUT2D eigenvalue weighted by Gasteiger charge is 2.16. The van der Waals surface area contributed by atoms with Crippen molar-refractivity contribution in [2.24, 2.45) is 0 Å². The van der Waals surface area contributed by atoms with Crippen molar-refractivity contribution in [2.45, 2.75) is 19.8 Å². The van der Waals surface area contributed by atoms with Crippen molar-refractivity contribution in [1.82, 2.24) is 0 Å². The molecule has 1 N–H and O–H groups in total. The summed E-state index contributed by atoms with van der Waals surface area (Å²) in [6, 6.07) is 13.5. The van der Waals surface area contributed by atoms with E-state index in [1.54, 1.807) is 36.4 Å². The Balaban J connectivity index is 2.24. The molecule has 0 saturated carbocycles. The van der Waals surface area contributed by atoms with Gasteiger partial charge in [0.25, 0.3) is 5.91 Å². The van der Waals surface area contributed by atoms with Crippen LogP contribution in [0.15, 0.2) is 48.0 Å². The molecule has 0 aromatic heterocycles. The minimum absolute atomic E-state index is 0.128. The molecule has 2 rings (SSSR count). The number of ether oxygens (including phenoxy) is 3. The monoisotopic (exact) mass is 408 g/mol. The van der Waals surface area contributed by atoms with Gasteiger partial charge in [-0.3, -0.25) is 4.79 Å². The van der Waals surface area contributed by atoms with Gasteiger partial charge in [-0.1, -0.05) is 31.5 Å². The van der Waals surface area contributed by atoms with Crippen LogP contribution < -0.4 is 14.8 Å². The van der Waals surface area contributed by atoms with E-state index in [1.807, 2.05) is 6.07 Å². The van der Waals surface area contributed by atoms with Crippen LogP contribution in [0.5, 0.6) is 11.5 Å². The highest BCUT2D eigenvalue weighted by atomic mass is 16.5. The number of methoxy groups -OCH3 is 2. The van der Waals surface area contributed by atoms with Gasteiger partial charge in [0.1, 0.15) is 11.6 Å². The zero-order chi connectivity index (χ0) is 21.9. The molecule has 0 fully saturated rings. The molecule has 0 radical (unpaired) electrons. The number of anilines is 1. The molecule has 2 aromatic rings. The molecule has 0 aliphatic carbocycles. The number of unbranched alkanes of at least 4 members (excludes halogenated alkanes) is 1. The number of nitriles is 1. The number of benzene rings is 2. The van der Waals surface area contributed by atoms with Crippen LogP contribution in [0.1, 0.15) is 35.7 Å². The average molecular weight is 408 g/mol. The van der Waals surface area contributed by atoms with Crippen molar-refractivity contribution in [3.8, 4) is 17.6 Å². The lowest BCUT2D eigenvalue weighted by Crippen LogP contribution is -2.16. The van der Waals surface area contributed by atoms with Crippen LogP contribution in [0.25, 0.3) is 6.08 Å². The molecule has 7 nitrogen and oxygen atoms in total. The summed E-state index contributed by atoms with van der Waals surface area (Å²) in [6.45, 7) is 2.65. The average Bonchev–Trinajstić information content (AvgIpc) is 2.77. The van der Waals surface area contributed by atoms with Gasteiger partial charge in [0.05, 0.1) is 32.1 Å². The zero-order valence-electron chi connectivity index (χ0n) is 17.2. The molecule has 30 heavy (non-hydrogen) atoms. The predicted octanol–water partition coefficient (Wildman–Crippen LogP) is 4.21. The topological polar surface area (TPSA) is 97.7 Å². The molecule has 0 atom stereocenters. The quantitative estimate of drug-likeness (QED) is 0.289. The third-order valence-corrected chi connectivity index (χ3v) is 4.20. The smallest absolute Gasteiger partial charge is 0.339 e. The van der Waals surface area contributed by atoms with E-state index in [0.29, 0.717) is 23.7 Å². The normalized spacial score (nSPS) is 10.7. The highest BCUT2D eigenvalue weighted by Crippen LogP contribution is 2.29. The lowest BCUT2D eigenvalue weighted by Gasteiger charge is -2.11. The van der Waals surface area contributed by atoms with Crippen LogP contribution in [0.2, 0.25) is 0 Å².